The van der Waals surface area contributed by atoms with E-state index in [0.717, 1.165) is 71.3 Å². The number of nitrogens with zero attached hydrogens (tertiary/aromatic N) is 6. The first-order chi connectivity index (χ1) is 19.4. The van der Waals surface area contributed by atoms with Crippen LogP contribution in [0.2, 0.25) is 0 Å². The number of imidazole rings is 1. The zero-order chi connectivity index (χ0) is 27.4. The first-order valence-electron chi connectivity index (χ1n) is 13.6. The Bertz CT molecular complexity index is 1760. The molecule has 200 valence electrons. The summed E-state index contributed by atoms with van der Waals surface area (Å²) in [5, 5.41) is 5.21. The van der Waals surface area contributed by atoms with E-state index in [4.69, 9.17) is 15.8 Å². The van der Waals surface area contributed by atoms with Gasteiger partial charge in [0.2, 0.25) is 0 Å². The molecule has 0 saturated carbocycles. The van der Waals surface area contributed by atoms with Crippen LogP contribution in [-0.2, 0) is 6.54 Å². The van der Waals surface area contributed by atoms with Crippen molar-refractivity contribution in [2.75, 3.05) is 30.3 Å². The van der Waals surface area contributed by atoms with Crippen molar-refractivity contribution in [1.29, 1.82) is 0 Å². The monoisotopic (exact) mass is 531 g/mol. The molecule has 0 radical (unpaired) electrons. The van der Waals surface area contributed by atoms with E-state index in [1.165, 1.54) is 23.3 Å². The lowest BCUT2D eigenvalue weighted by Gasteiger charge is -2.23. The molecule has 1 atom stereocenters. The average Bonchev–Trinajstić information content (AvgIpc) is 3.63. The van der Waals surface area contributed by atoms with E-state index >= 15 is 0 Å². The number of anilines is 2. The number of nitrogens with two attached hydrogens (primary N) is 1. The SMILES string of the molecule is Cc1c(N2CC3=CN(Cc4ccccc4)CC3C2)nn2c(-c3ccnc(N)c3)c(-c3ccc(F)cc3)nc2c1C. The Morgan fingerprint density at radius 1 is 0.950 bits per heavy atom. The van der Waals surface area contributed by atoms with Crippen molar-refractivity contribution in [3.8, 4) is 22.5 Å². The molecule has 2 aliphatic rings. The summed E-state index contributed by atoms with van der Waals surface area (Å²) in [4.78, 5) is 14.0. The number of fused-ring (bicyclic) bond motifs is 2. The van der Waals surface area contributed by atoms with E-state index in [-0.39, 0.29) is 5.82 Å². The second-order valence-corrected chi connectivity index (χ2v) is 10.8. The summed E-state index contributed by atoms with van der Waals surface area (Å²) in [6.45, 7) is 7.95. The van der Waals surface area contributed by atoms with Crippen LogP contribution in [0.5, 0.6) is 0 Å². The lowest BCUT2D eigenvalue weighted by Crippen LogP contribution is -2.27. The Morgan fingerprint density at radius 3 is 2.50 bits per heavy atom. The standard InChI is InChI=1S/C32H30FN7/c1-20-21(2)32(39-18-25-16-38(17-26(25)19-39)15-22-6-4-3-5-7-22)37-40-30(24-12-13-35-28(34)14-24)29(36-31(20)40)23-8-10-27(33)11-9-23/h3-14,16,26H,15,17-19H2,1-2H3,(H2,34,35). The number of aryl methyl sites for hydroxylation is 1. The molecule has 2 aromatic carbocycles. The van der Waals surface area contributed by atoms with Crippen molar-refractivity contribution in [3.05, 3.63) is 107 Å². The van der Waals surface area contributed by atoms with Crippen LogP contribution in [0.3, 0.4) is 0 Å². The van der Waals surface area contributed by atoms with Gasteiger partial charge < -0.3 is 15.5 Å². The fourth-order valence-electron chi connectivity index (χ4n) is 6.00. The third-order valence-electron chi connectivity index (χ3n) is 8.12. The molecule has 5 aromatic rings. The van der Waals surface area contributed by atoms with Gasteiger partial charge in [0.05, 0.1) is 5.69 Å². The third-order valence-corrected chi connectivity index (χ3v) is 8.12. The molecular weight excluding hydrogens is 501 g/mol. The first-order valence-corrected chi connectivity index (χ1v) is 13.6. The summed E-state index contributed by atoms with van der Waals surface area (Å²) in [7, 11) is 0. The largest absolute Gasteiger partial charge is 0.384 e. The summed E-state index contributed by atoms with van der Waals surface area (Å²) in [5.74, 6) is 1.57. The van der Waals surface area contributed by atoms with Gasteiger partial charge in [0.25, 0.3) is 0 Å². The second-order valence-electron chi connectivity index (χ2n) is 10.8. The molecule has 3 aromatic heterocycles. The number of nitrogen functional groups attached to an aromatic ring is 1. The van der Waals surface area contributed by atoms with Gasteiger partial charge in [-0.05, 0) is 61.4 Å². The lowest BCUT2D eigenvalue weighted by atomic mass is 10.1. The Morgan fingerprint density at radius 2 is 1.75 bits per heavy atom. The summed E-state index contributed by atoms with van der Waals surface area (Å²) < 4.78 is 15.7. The summed E-state index contributed by atoms with van der Waals surface area (Å²) in [5.41, 5.74) is 15.0. The summed E-state index contributed by atoms with van der Waals surface area (Å²) >= 11 is 0. The van der Waals surface area contributed by atoms with Crippen LogP contribution in [0.15, 0.2) is 84.7 Å². The average molecular weight is 532 g/mol. The maximum absolute atomic E-state index is 13.8. The van der Waals surface area contributed by atoms with Crippen molar-refractivity contribution >= 4 is 17.3 Å². The molecule has 2 N–H and O–H groups in total. The van der Waals surface area contributed by atoms with Crippen molar-refractivity contribution in [1.82, 2.24) is 24.5 Å². The molecule has 40 heavy (non-hydrogen) atoms. The maximum atomic E-state index is 13.8. The van der Waals surface area contributed by atoms with E-state index in [0.29, 0.717) is 11.7 Å². The molecule has 0 bridgehead atoms. The van der Waals surface area contributed by atoms with Crippen molar-refractivity contribution < 1.29 is 4.39 Å². The number of pyridine rings is 1. The van der Waals surface area contributed by atoms with Gasteiger partial charge >= 0.3 is 0 Å². The number of halogens is 1. The Kier molecular flexibility index (Phi) is 5.77. The lowest BCUT2D eigenvalue weighted by molar-refractivity contribution is 0.365. The first kappa shape index (κ1) is 24.3. The Hall–Kier alpha value is -4.72. The number of aromatic nitrogens is 4. The van der Waals surface area contributed by atoms with Crippen molar-refractivity contribution in [2.45, 2.75) is 20.4 Å². The summed E-state index contributed by atoms with van der Waals surface area (Å²) in [6.07, 6.45) is 4.03. The normalized spacial score (nSPS) is 16.6. The third kappa shape index (κ3) is 4.16. The minimum atomic E-state index is -0.286. The summed E-state index contributed by atoms with van der Waals surface area (Å²) in [6, 6.07) is 20.8. The molecular formula is C32H30FN7. The highest BCUT2D eigenvalue weighted by atomic mass is 19.1. The van der Waals surface area contributed by atoms with Crippen LogP contribution < -0.4 is 10.6 Å². The van der Waals surface area contributed by atoms with Gasteiger partial charge in [-0.25, -0.2) is 18.9 Å². The Labute approximate surface area is 232 Å². The van der Waals surface area contributed by atoms with Gasteiger partial charge in [0, 0.05) is 66.7 Å². The number of benzene rings is 2. The maximum Gasteiger partial charge on any atom is 0.158 e. The van der Waals surface area contributed by atoms with Gasteiger partial charge in [-0.2, -0.15) is 0 Å². The predicted octanol–water partition coefficient (Wildman–Crippen LogP) is 5.63. The van der Waals surface area contributed by atoms with E-state index in [1.54, 1.807) is 18.3 Å². The molecule has 0 amide bonds. The van der Waals surface area contributed by atoms with Crippen LogP contribution >= 0.6 is 0 Å². The quantitative estimate of drug-likeness (QED) is 0.317. The van der Waals surface area contributed by atoms with Crippen LogP contribution in [0.4, 0.5) is 16.0 Å². The topological polar surface area (TPSA) is 75.6 Å². The van der Waals surface area contributed by atoms with E-state index < -0.39 is 0 Å². The molecule has 7 nitrogen and oxygen atoms in total. The number of rotatable bonds is 5. The minimum absolute atomic E-state index is 0.286. The zero-order valence-electron chi connectivity index (χ0n) is 22.5. The molecule has 1 saturated heterocycles. The highest BCUT2D eigenvalue weighted by molar-refractivity contribution is 5.83. The van der Waals surface area contributed by atoms with Crippen LogP contribution in [-0.4, -0.2) is 44.1 Å². The van der Waals surface area contributed by atoms with Gasteiger partial charge in [0.1, 0.15) is 17.3 Å². The Balaban J connectivity index is 1.29. The zero-order valence-corrected chi connectivity index (χ0v) is 22.5. The fourth-order valence-corrected chi connectivity index (χ4v) is 6.00. The number of hydrogen-bond donors (Lipinski definition) is 1. The highest BCUT2D eigenvalue weighted by Gasteiger charge is 2.35. The van der Waals surface area contributed by atoms with Gasteiger partial charge in [0.15, 0.2) is 11.5 Å². The van der Waals surface area contributed by atoms with Gasteiger partial charge in [-0.3, -0.25) is 0 Å². The van der Waals surface area contributed by atoms with Gasteiger partial charge in [-0.15, -0.1) is 5.10 Å². The molecule has 8 heteroatoms. The molecule has 0 spiro atoms. The molecule has 2 aliphatic heterocycles. The second kappa shape index (κ2) is 9.48. The molecule has 1 unspecified atom stereocenters. The van der Waals surface area contributed by atoms with Gasteiger partial charge in [-0.1, -0.05) is 30.3 Å². The van der Waals surface area contributed by atoms with E-state index in [9.17, 15) is 4.39 Å². The molecule has 5 heterocycles. The molecule has 0 aliphatic carbocycles. The van der Waals surface area contributed by atoms with E-state index in [2.05, 4.69) is 65.2 Å². The van der Waals surface area contributed by atoms with Crippen molar-refractivity contribution in [3.63, 3.8) is 0 Å². The number of hydrogen-bond acceptors (Lipinski definition) is 6. The molecule has 7 rings (SSSR count). The van der Waals surface area contributed by atoms with Crippen LogP contribution in [0.1, 0.15) is 16.7 Å². The minimum Gasteiger partial charge on any atom is -0.384 e. The smallest absolute Gasteiger partial charge is 0.158 e. The fraction of sp³-hybridized carbons (Fsp3) is 0.219. The van der Waals surface area contributed by atoms with Crippen LogP contribution in [0.25, 0.3) is 28.2 Å². The van der Waals surface area contributed by atoms with Crippen LogP contribution in [0, 0.1) is 25.6 Å². The van der Waals surface area contributed by atoms with E-state index in [1.807, 2.05) is 16.6 Å². The molecule has 1 fully saturated rings. The van der Waals surface area contributed by atoms with Crippen molar-refractivity contribution in [2.24, 2.45) is 5.92 Å². The predicted molar refractivity (Wildman–Crippen MR) is 156 cm³/mol. The highest BCUT2D eigenvalue weighted by Crippen LogP contribution is 2.38.